The Morgan fingerprint density at radius 2 is 1.86 bits per heavy atom. The van der Waals surface area contributed by atoms with Crippen LogP contribution in [0, 0.1) is 0 Å². The van der Waals surface area contributed by atoms with Crippen LogP contribution in [0.4, 0.5) is 0 Å². The molecule has 1 aromatic heterocycles. The lowest BCUT2D eigenvalue weighted by atomic mass is 9.95. The van der Waals surface area contributed by atoms with E-state index in [1.807, 2.05) is 12.1 Å². The molecule has 1 atom stereocenters. The quantitative estimate of drug-likeness (QED) is 0.452. The lowest BCUT2D eigenvalue weighted by Gasteiger charge is -2.26. The summed E-state index contributed by atoms with van der Waals surface area (Å²) in [5.74, 6) is 0.264. The fourth-order valence-electron chi connectivity index (χ4n) is 4.02. The third-order valence-corrected chi connectivity index (χ3v) is 7.05. The average molecular weight is 573 g/mol. The van der Waals surface area contributed by atoms with Crippen LogP contribution < -0.4 is 24.4 Å². The molecular weight excluding hydrogens is 548 g/mol. The highest BCUT2D eigenvalue weighted by Gasteiger charge is 2.35. The van der Waals surface area contributed by atoms with E-state index in [-0.39, 0.29) is 23.0 Å². The highest BCUT2D eigenvalue weighted by atomic mass is 79.9. The molecule has 188 valence electrons. The second kappa shape index (κ2) is 10.3. The lowest BCUT2D eigenvalue weighted by molar-refractivity contribution is -0.143. The molecule has 1 N–H and O–H groups in total. The number of fused-ring (bicyclic) bond motifs is 1. The molecule has 0 amide bonds. The topological polar surface area (TPSA) is 99.4 Å². The summed E-state index contributed by atoms with van der Waals surface area (Å²) in [6.07, 6.45) is 1.32. The van der Waals surface area contributed by atoms with Crippen molar-refractivity contribution in [2.75, 3.05) is 14.2 Å². The number of nitrogens with zero attached hydrogens (tertiary/aromatic N) is 2. The lowest BCUT2D eigenvalue weighted by Crippen LogP contribution is -2.40. The molecule has 0 fully saturated rings. The second-order valence-electron chi connectivity index (χ2n) is 8.35. The summed E-state index contributed by atoms with van der Waals surface area (Å²) < 4.78 is 18.9. The smallest absolute Gasteiger partial charge is 0.338 e. The molecule has 0 radical (unpaired) electrons. The van der Waals surface area contributed by atoms with Crippen LogP contribution in [-0.4, -0.2) is 36.0 Å². The summed E-state index contributed by atoms with van der Waals surface area (Å²) in [6, 6.07) is 9.49. The number of allylic oxidation sites excluding steroid dienone is 1. The van der Waals surface area contributed by atoms with Crippen LogP contribution in [0.3, 0.4) is 0 Å². The molecule has 1 aliphatic heterocycles. The van der Waals surface area contributed by atoms with Crippen LogP contribution in [-0.2, 0) is 9.53 Å². The number of esters is 1. The standard InChI is InChI=1S/C26H25BrN2O6S/c1-13(2)35-25(32)22-14(3)28-26-29(23(22)17-12-16(27)7-9-19(17)33-4)24(31)21(36-26)11-15-6-8-20(34-5)18(30)10-15/h6-13,23,30H,1-5H3/b21-11-/t23-/m1/s1. The molecule has 0 spiro atoms. The third-order valence-electron chi connectivity index (χ3n) is 5.57. The van der Waals surface area contributed by atoms with Gasteiger partial charge in [-0.15, -0.1) is 0 Å². The maximum absolute atomic E-state index is 13.8. The van der Waals surface area contributed by atoms with E-state index in [0.29, 0.717) is 37.7 Å². The van der Waals surface area contributed by atoms with E-state index in [2.05, 4.69) is 20.9 Å². The molecule has 10 heteroatoms. The summed E-state index contributed by atoms with van der Waals surface area (Å²) in [4.78, 5) is 32.0. The van der Waals surface area contributed by atoms with Gasteiger partial charge in [-0.25, -0.2) is 9.79 Å². The molecule has 0 bridgehead atoms. The van der Waals surface area contributed by atoms with Gasteiger partial charge in [-0.05, 0) is 62.7 Å². The first-order valence-corrected chi connectivity index (χ1v) is 12.7. The summed E-state index contributed by atoms with van der Waals surface area (Å²) in [7, 11) is 3.00. The van der Waals surface area contributed by atoms with Crippen molar-refractivity contribution in [3.05, 3.63) is 83.0 Å². The Morgan fingerprint density at radius 3 is 2.50 bits per heavy atom. The van der Waals surface area contributed by atoms with Crippen molar-refractivity contribution >= 4 is 39.3 Å². The zero-order valence-electron chi connectivity index (χ0n) is 20.4. The average Bonchev–Trinajstić information content (AvgIpc) is 3.12. The fourth-order valence-corrected chi connectivity index (χ4v) is 5.45. The SMILES string of the molecule is COc1ccc(/C=c2\sc3n(c2=O)[C@H](c2cc(Br)ccc2OC)C(C(=O)OC(C)C)=C(C)N=3)cc1O. The van der Waals surface area contributed by atoms with Crippen LogP contribution in [0.5, 0.6) is 17.2 Å². The Kier molecular flexibility index (Phi) is 7.37. The number of aromatic nitrogens is 1. The van der Waals surface area contributed by atoms with Gasteiger partial charge in [0.05, 0.1) is 36.1 Å². The van der Waals surface area contributed by atoms with Gasteiger partial charge in [-0.2, -0.15) is 0 Å². The zero-order valence-corrected chi connectivity index (χ0v) is 22.8. The fraction of sp³-hybridized carbons (Fsp3) is 0.269. The summed E-state index contributed by atoms with van der Waals surface area (Å²) in [6.45, 7) is 5.26. The van der Waals surface area contributed by atoms with Crippen molar-refractivity contribution in [1.82, 2.24) is 4.57 Å². The molecule has 0 aliphatic carbocycles. The number of thiazole rings is 1. The molecular formula is C26H25BrN2O6S. The van der Waals surface area contributed by atoms with Crippen molar-refractivity contribution in [3.8, 4) is 17.2 Å². The number of rotatable bonds is 6. The zero-order chi connectivity index (χ0) is 26.1. The number of phenolic OH excluding ortho intramolecular Hbond substituents is 1. The minimum Gasteiger partial charge on any atom is -0.504 e. The van der Waals surface area contributed by atoms with Gasteiger partial charge in [-0.3, -0.25) is 9.36 Å². The Bertz CT molecular complexity index is 1550. The summed E-state index contributed by atoms with van der Waals surface area (Å²) in [5, 5.41) is 10.2. The van der Waals surface area contributed by atoms with E-state index in [4.69, 9.17) is 14.2 Å². The number of ether oxygens (including phenoxy) is 3. The van der Waals surface area contributed by atoms with E-state index in [0.717, 1.165) is 4.47 Å². The summed E-state index contributed by atoms with van der Waals surface area (Å²) in [5.41, 5.74) is 1.63. The van der Waals surface area contributed by atoms with Crippen LogP contribution in [0.1, 0.15) is 37.9 Å². The number of phenols is 1. The van der Waals surface area contributed by atoms with Gasteiger partial charge in [0.1, 0.15) is 11.8 Å². The third kappa shape index (κ3) is 4.83. The van der Waals surface area contributed by atoms with Gasteiger partial charge in [0.15, 0.2) is 16.3 Å². The number of hydrogen-bond donors (Lipinski definition) is 1. The van der Waals surface area contributed by atoms with Crippen molar-refractivity contribution in [2.45, 2.75) is 32.9 Å². The normalized spacial score (nSPS) is 15.5. The number of benzene rings is 2. The molecule has 8 nitrogen and oxygen atoms in total. The van der Waals surface area contributed by atoms with Gasteiger partial charge in [0, 0.05) is 10.0 Å². The Hall–Kier alpha value is -3.37. The van der Waals surface area contributed by atoms with Crippen molar-refractivity contribution in [2.24, 2.45) is 4.99 Å². The van der Waals surface area contributed by atoms with Gasteiger partial charge < -0.3 is 19.3 Å². The van der Waals surface area contributed by atoms with Gasteiger partial charge in [0.2, 0.25) is 0 Å². The van der Waals surface area contributed by atoms with Crippen LogP contribution in [0.2, 0.25) is 0 Å². The molecule has 1 aliphatic rings. The molecule has 2 aromatic carbocycles. The van der Waals surface area contributed by atoms with Crippen molar-refractivity contribution < 1.29 is 24.1 Å². The molecule has 0 saturated carbocycles. The Balaban J connectivity index is 1.98. The summed E-state index contributed by atoms with van der Waals surface area (Å²) >= 11 is 4.69. The van der Waals surface area contributed by atoms with Crippen molar-refractivity contribution in [3.63, 3.8) is 0 Å². The first-order valence-electron chi connectivity index (χ1n) is 11.1. The van der Waals surface area contributed by atoms with E-state index < -0.39 is 12.0 Å². The monoisotopic (exact) mass is 572 g/mol. The minimum absolute atomic E-state index is 0.0367. The number of hydrogen-bond acceptors (Lipinski definition) is 8. The number of carbonyl (C=O) groups is 1. The first kappa shape index (κ1) is 25.7. The Labute approximate surface area is 219 Å². The number of halogens is 1. The first-order chi connectivity index (χ1) is 17.1. The van der Waals surface area contributed by atoms with Crippen LogP contribution in [0.25, 0.3) is 6.08 Å². The van der Waals surface area contributed by atoms with E-state index in [9.17, 15) is 14.7 Å². The number of methoxy groups -OCH3 is 2. The molecule has 0 unspecified atom stereocenters. The maximum Gasteiger partial charge on any atom is 0.338 e. The largest absolute Gasteiger partial charge is 0.504 e. The number of aromatic hydroxyl groups is 1. The second-order valence-corrected chi connectivity index (χ2v) is 10.3. The van der Waals surface area contributed by atoms with Gasteiger partial charge in [-0.1, -0.05) is 33.3 Å². The maximum atomic E-state index is 13.8. The number of carbonyl (C=O) groups excluding carboxylic acids is 1. The predicted octanol–water partition coefficient (Wildman–Crippen LogP) is 3.67. The van der Waals surface area contributed by atoms with E-state index in [1.54, 1.807) is 45.0 Å². The highest BCUT2D eigenvalue weighted by molar-refractivity contribution is 9.10. The van der Waals surface area contributed by atoms with Gasteiger partial charge >= 0.3 is 5.97 Å². The van der Waals surface area contributed by atoms with E-state index >= 15 is 0 Å². The molecule has 4 rings (SSSR count). The van der Waals surface area contributed by atoms with Crippen LogP contribution >= 0.6 is 27.3 Å². The predicted molar refractivity (Wildman–Crippen MR) is 140 cm³/mol. The molecule has 0 saturated heterocycles. The van der Waals surface area contributed by atoms with Crippen LogP contribution in [0.15, 0.2) is 61.9 Å². The van der Waals surface area contributed by atoms with Gasteiger partial charge in [0.25, 0.3) is 5.56 Å². The van der Waals surface area contributed by atoms with Crippen molar-refractivity contribution in [1.29, 1.82) is 0 Å². The highest BCUT2D eigenvalue weighted by Crippen LogP contribution is 2.37. The molecule has 36 heavy (non-hydrogen) atoms. The van der Waals surface area contributed by atoms with E-state index in [1.165, 1.54) is 36.2 Å². The Morgan fingerprint density at radius 1 is 1.17 bits per heavy atom. The minimum atomic E-state index is -0.814. The molecule has 2 heterocycles. The molecule has 3 aromatic rings.